The van der Waals surface area contributed by atoms with E-state index in [4.69, 9.17) is 0 Å². The van der Waals surface area contributed by atoms with E-state index in [1.54, 1.807) is 0 Å². The van der Waals surface area contributed by atoms with Gasteiger partial charge in [0.15, 0.2) is 0 Å². The first kappa shape index (κ1) is 12.9. The summed E-state index contributed by atoms with van der Waals surface area (Å²) in [6.45, 7) is 4.74. The molecular formula is C15H22N2O. The van der Waals surface area contributed by atoms with Gasteiger partial charge in [0.2, 0.25) is 5.91 Å². The highest BCUT2D eigenvalue weighted by molar-refractivity contribution is 5.81. The Morgan fingerprint density at radius 2 is 1.94 bits per heavy atom. The molecule has 1 N–H and O–H groups in total. The molecule has 2 rings (SSSR count). The van der Waals surface area contributed by atoms with Crippen LogP contribution in [0.25, 0.3) is 0 Å². The van der Waals surface area contributed by atoms with E-state index in [0.29, 0.717) is 18.5 Å². The lowest BCUT2D eigenvalue weighted by atomic mass is 10.0. The van der Waals surface area contributed by atoms with Crippen molar-refractivity contribution >= 4 is 11.6 Å². The quantitative estimate of drug-likeness (QED) is 0.866. The second kappa shape index (κ2) is 5.42. The number of carbonyl (C=O) groups is 1. The van der Waals surface area contributed by atoms with E-state index < -0.39 is 0 Å². The zero-order chi connectivity index (χ0) is 13.1. The number of rotatable bonds is 5. The third kappa shape index (κ3) is 3.25. The van der Waals surface area contributed by atoms with Gasteiger partial charge < -0.3 is 10.2 Å². The minimum Gasteiger partial charge on any atom is -0.376 e. The highest BCUT2D eigenvalue weighted by Crippen LogP contribution is 2.25. The van der Waals surface area contributed by atoms with Gasteiger partial charge in [0.05, 0.1) is 6.54 Å². The van der Waals surface area contributed by atoms with Crippen molar-refractivity contribution in [3.63, 3.8) is 0 Å². The summed E-state index contributed by atoms with van der Waals surface area (Å²) in [7, 11) is 1.89. The zero-order valence-corrected chi connectivity index (χ0v) is 11.4. The first-order chi connectivity index (χ1) is 8.58. The minimum absolute atomic E-state index is 0.172. The zero-order valence-electron chi connectivity index (χ0n) is 11.4. The van der Waals surface area contributed by atoms with E-state index in [9.17, 15) is 4.79 Å². The average molecular weight is 246 g/mol. The Morgan fingerprint density at radius 1 is 1.33 bits per heavy atom. The summed E-state index contributed by atoms with van der Waals surface area (Å²) in [4.78, 5) is 13.7. The first-order valence-corrected chi connectivity index (χ1v) is 6.67. The van der Waals surface area contributed by atoms with Crippen LogP contribution in [0.1, 0.15) is 38.2 Å². The first-order valence-electron chi connectivity index (χ1n) is 6.67. The van der Waals surface area contributed by atoms with Crippen LogP contribution >= 0.6 is 0 Å². The highest BCUT2D eigenvalue weighted by atomic mass is 16.2. The summed E-state index contributed by atoms with van der Waals surface area (Å²) in [5.74, 6) is 0.715. The molecule has 1 aliphatic rings. The molecule has 3 nitrogen and oxygen atoms in total. The van der Waals surface area contributed by atoms with E-state index >= 15 is 0 Å². The maximum atomic E-state index is 11.8. The van der Waals surface area contributed by atoms with E-state index in [0.717, 1.165) is 18.5 Å². The summed E-state index contributed by atoms with van der Waals surface area (Å²) < 4.78 is 0. The lowest BCUT2D eigenvalue weighted by Crippen LogP contribution is -2.33. The molecule has 0 aromatic heterocycles. The molecule has 18 heavy (non-hydrogen) atoms. The summed E-state index contributed by atoms with van der Waals surface area (Å²) in [5, 5.41) is 3.18. The number of anilines is 1. The normalized spacial score (nSPS) is 14.7. The summed E-state index contributed by atoms with van der Waals surface area (Å²) in [6, 6.07) is 8.80. The summed E-state index contributed by atoms with van der Waals surface area (Å²) in [5.41, 5.74) is 2.33. The number of likely N-dealkylation sites (N-methyl/N-ethyl adjacent to an activating group) is 1. The molecule has 1 fully saturated rings. The van der Waals surface area contributed by atoms with Gasteiger partial charge in [-0.05, 0) is 36.5 Å². The molecule has 1 aromatic rings. The molecule has 3 heteroatoms. The van der Waals surface area contributed by atoms with Gasteiger partial charge in [0.1, 0.15) is 0 Å². The van der Waals surface area contributed by atoms with Gasteiger partial charge in [0, 0.05) is 18.8 Å². The third-order valence-electron chi connectivity index (χ3n) is 3.51. The molecule has 1 saturated carbocycles. The van der Waals surface area contributed by atoms with Gasteiger partial charge in [0.25, 0.3) is 0 Å². The SMILES string of the molecule is CC(C)c1ccc(NCC(=O)N(C)C2CC2)cc1. The second-order valence-corrected chi connectivity index (χ2v) is 5.37. The minimum atomic E-state index is 0.172. The van der Waals surface area contributed by atoms with Crippen molar-refractivity contribution in [2.24, 2.45) is 0 Å². The van der Waals surface area contributed by atoms with E-state index in [2.05, 4.69) is 31.3 Å². The lowest BCUT2D eigenvalue weighted by Gasteiger charge is -2.17. The van der Waals surface area contributed by atoms with Crippen molar-refractivity contribution in [2.45, 2.75) is 38.6 Å². The Labute approximate surface area is 109 Å². The number of carbonyl (C=O) groups excluding carboxylic acids is 1. The molecule has 0 bridgehead atoms. The van der Waals surface area contributed by atoms with E-state index in [-0.39, 0.29) is 5.91 Å². The van der Waals surface area contributed by atoms with Gasteiger partial charge in [-0.15, -0.1) is 0 Å². The number of hydrogen-bond acceptors (Lipinski definition) is 2. The Bertz CT molecular complexity index is 407. The van der Waals surface area contributed by atoms with E-state index in [1.807, 2.05) is 24.1 Å². The van der Waals surface area contributed by atoms with Gasteiger partial charge in [-0.2, -0.15) is 0 Å². The summed E-state index contributed by atoms with van der Waals surface area (Å²) >= 11 is 0. The fraction of sp³-hybridized carbons (Fsp3) is 0.533. The van der Waals surface area contributed by atoms with Crippen LogP contribution in [-0.2, 0) is 4.79 Å². The van der Waals surface area contributed by atoms with Gasteiger partial charge in [-0.25, -0.2) is 0 Å². The van der Waals surface area contributed by atoms with Crippen LogP contribution in [0, 0.1) is 0 Å². The maximum absolute atomic E-state index is 11.8. The Balaban J connectivity index is 1.84. The number of nitrogens with one attached hydrogen (secondary N) is 1. The number of nitrogens with zero attached hydrogens (tertiary/aromatic N) is 1. The lowest BCUT2D eigenvalue weighted by molar-refractivity contribution is -0.128. The van der Waals surface area contributed by atoms with Crippen LogP contribution in [0.15, 0.2) is 24.3 Å². The van der Waals surface area contributed by atoms with Crippen LogP contribution in [0.4, 0.5) is 5.69 Å². The van der Waals surface area contributed by atoms with Crippen molar-refractivity contribution in [1.82, 2.24) is 4.90 Å². The highest BCUT2D eigenvalue weighted by Gasteiger charge is 2.29. The monoisotopic (exact) mass is 246 g/mol. The van der Waals surface area contributed by atoms with Crippen LogP contribution in [-0.4, -0.2) is 30.4 Å². The fourth-order valence-electron chi connectivity index (χ4n) is 1.95. The molecule has 0 aliphatic heterocycles. The van der Waals surface area contributed by atoms with Crippen molar-refractivity contribution < 1.29 is 4.79 Å². The van der Waals surface area contributed by atoms with Crippen LogP contribution < -0.4 is 5.32 Å². The number of amides is 1. The van der Waals surface area contributed by atoms with Crippen molar-refractivity contribution in [1.29, 1.82) is 0 Å². The van der Waals surface area contributed by atoms with Crippen LogP contribution in [0.3, 0.4) is 0 Å². The molecule has 1 amide bonds. The average Bonchev–Trinajstić information content (AvgIpc) is 3.19. The molecule has 0 heterocycles. The van der Waals surface area contributed by atoms with Crippen molar-refractivity contribution in [3.05, 3.63) is 29.8 Å². The van der Waals surface area contributed by atoms with E-state index in [1.165, 1.54) is 5.56 Å². The van der Waals surface area contributed by atoms with Crippen LogP contribution in [0.2, 0.25) is 0 Å². The summed E-state index contributed by atoms with van der Waals surface area (Å²) in [6.07, 6.45) is 2.32. The Kier molecular flexibility index (Phi) is 3.90. The number of hydrogen-bond donors (Lipinski definition) is 1. The Hall–Kier alpha value is -1.51. The molecule has 0 spiro atoms. The van der Waals surface area contributed by atoms with Gasteiger partial charge in [-0.1, -0.05) is 26.0 Å². The van der Waals surface area contributed by atoms with Gasteiger partial charge in [-0.3, -0.25) is 4.79 Å². The fourth-order valence-corrected chi connectivity index (χ4v) is 1.95. The molecule has 0 saturated heterocycles. The number of benzene rings is 1. The molecule has 0 radical (unpaired) electrons. The molecule has 1 aliphatic carbocycles. The largest absolute Gasteiger partial charge is 0.376 e. The smallest absolute Gasteiger partial charge is 0.241 e. The Morgan fingerprint density at radius 3 is 2.44 bits per heavy atom. The van der Waals surface area contributed by atoms with Crippen molar-refractivity contribution in [3.8, 4) is 0 Å². The van der Waals surface area contributed by atoms with Gasteiger partial charge >= 0.3 is 0 Å². The second-order valence-electron chi connectivity index (χ2n) is 5.37. The molecule has 98 valence electrons. The predicted octanol–water partition coefficient (Wildman–Crippen LogP) is 2.84. The van der Waals surface area contributed by atoms with Crippen molar-refractivity contribution in [2.75, 3.05) is 18.9 Å². The molecular weight excluding hydrogens is 224 g/mol. The molecule has 1 aromatic carbocycles. The van der Waals surface area contributed by atoms with Crippen LogP contribution in [0.5, 0.6) is 0 Å². The topological polar surface area (TPSA) is 32.3 Å². The molecule has 0 unspecified atom stereocenters. The molecule has 0 atom stereocenters. The maximum Gasteiger partial charge on any atom is 0.241 e. The standard InChI is InChI=1S/C15H22N2O/c1-11(2)12-4-6-13(7-5-12)16-10-15(18)17(3)14-8-9-14/h4-7,11,14,16H,8-10H2,1-3H3. The predicted molar refractivity (Wildman–Crippen MR) is 74.8 cm³/mol. The third-order valence-corrected chi connectivity index (χ3v) is 3.51.